The minimum atomic E-state index is -4.83. The van der Waals surface area contributed by atoms with Crippen LogP contribution in [0.3, 0.4) is 0 Å². The summed E-state index contributed by atoms with van der Waals surface area (Å²) in [5, 5.41) is 2.53. The van der Waals surface area contributed by atoms with Crippen molar-refractivity contribution in [2.45, 2.75) is 45.5 Å². The van der Waals surface area contributed by atoms with Crippen LogP contribution in [0.5, 0.6) is 5.75 Å². The second-order valence-corrected chi connectivity index (χ2v) is 8.62. The molecule has 0 spiro atoms. The van der Waals surface area contributed by atoms with Crippen molar-refractivity contribution in [2.24, 2.45) is 0 Å². The minimum absolute atomic E-state index is 0.0383. The molecule has 3 aromatic rings. The molecule has 1 aliphatic rings. The van der Waals surface area contributed by atoms with E-state index in [-0.39, 0.29) is 40.6 Å². The quantitative estimate of drug-likeness (QED) is 0.492. The lowest BCUT2D eigenvalue weighted by Gasteiger charge is -2.37. The summed E-state index contributed by atoms with van der Waals surface area (Å²) in [6.07, 6.45) is -2.44. The van der Waals surface area contributed by atoms with Crippen LogP contribution in [0.25, 0.3) is 11.0 Å². The monoisotopic (exact) mass is 507 g/mol. The van der Waals surface area contributed by atoms with Gasteiger partial charge in [0, 0.05) is 42.9 Å². The summed E-state index contributed by atoms with van der Waals surface area (Å²) in [7, 11) is 1.37. The summed E-state index contributed by atoms with van der Waals surface area (Å²) in [6.45, 7) is 4.32. The zero-order valence-electron chi connectivity index (χ0n) is 20.3. The molecular formula is C25H28F3N3O5. The van der Waals surface area contributed by atoms with Crippen LogP contribution in [0.1, 0.15) is 46.9 Å². The average molecular weight is 508 g/mol. The molecule has 3 heterocycles. The van der Waals surface area contributed by atoms with Crippen LogP contribution in [0.15, 0.2) is 33.7 Å². The molecule has 194 valence electrons. The normalized spacial score (nSPS) is 14.7. The number of nitrogens with one attached hydrogen (secondary N) is 2. The van der Waals surface area contributed by atoms with Crippen molar-refractivity contribution in [1.29, 1.82) is 0 Å². The number of aryl methyl sites for hydroxylation is 1. The van der Waals surface area contributed by atoms with E-state index in [1.807, 2.05) is 0 Å². The topological polar surface area (TPSA) is 96.8 Å². The number of benzene rings is 1. The van der Waals surface area contributed by atoms with Gasteiger partial charge < -0.3 is 29.1 Å². The maximum Gasteiger partial charge on any atom is 0.419 e. The fraction of sp³-hybridized carbons (Fsp3) is 0.440. The Balaban J connectivity index is 1.81. The van der Waals surface area contributed by atoms with Crippen molar-refractivity contribution in [2.75, 3.05) is 31.8 Å². The Hall–Kier alpha value is -3.47. The third kappa shape index (κ3) is 4.92. The highest BCUT2D eigenvalue weighted by Gasteiger charge is 2.42. The lowest BCUT2D eigenvalue weighted by atomic mass is 9.96. The number of alkyl halides is 3. The second-order valence-electron chi connectivity index (χ2n) is 8.62. The fourth-order valence-electron chi connectivity index (χ4n) is 4.76. The molecule has 4 rings (SSSR count). The number of ether oxygens (including phenoxy) is 2. The molecule has 0 radical (unpaired) electrons. The summed E-state index contributed by atoms with van der Waals surface area (Å²) in [5.74, 6) is -0.743. The summed E-state index contributed by atoms with van der Waals surface area (Å²) in [4.78, 5) is 30.1. The van der Waals surface area contributed by atoms with Gasteiger partial charge in [0.15, 0.2) is 0 Å². The number of nitrogens with zero attached hydrogens (tertiary/aromatic N) is 1. The van der Waals surface area contributed by atoms with Gasteiger partial charge in [-0.2, -0.15) is 13.2 Å². The van der Waals surface area contributed by atoms with E-state index < -0.39 is 28.8 Å². The molecule has 0 bridgehead atoms. The van der Waals surface area contributed by atoms with E-state index in [0.717, 1.165) is 0 Å². The van der Waals surface area contributed by atoms with Crippen molar-refractivity contribution in [3.05, 3.63) is 57.2 Å². The van der Waals surface area contributed by atoms with Gasteiger partial charge in [-0.05, 0) is 38.8 Å². The minimum Gasteiger partial charge on any atom is -0.496 e. The van der Waals surface area contributed by atoms with E-state index in [4.69, 9.17) is 13.9 Å². The maximum atomic E-state index is 14.6. The number of anilines is 1. The first-order valence-corrected chi connectivity index (χ1v) is 11.7. The van der Waals surface area contributed by atoms with Crippen LogP contribution in [0.2, 0.25) is 0 Å². The number of fused-ring (bicyclic) bond motifs is 1. The van der Waals surface area contributed by atoms with E-state index >= 15 is 0 Å². The number of pyridine rings is 1. The van der Waals surface area contributed by atoms with Gasteiger partial charge in [-0.15, -0.1) is 0 Å². The average Bonchev–Trinajstić information content (AvgIpc) is 3.31. The molecule has 2 aromatic heterocycles. The third-order valence-corrected chi connectivity index (χ3v) is 6.41. The predicted octanol–water partition coefficient (Wildman–Crippen LogP) is 4.39. The number of carbonyl (C=O) groups is 1. The number of halogens is 3. The lowest BCUT2D eigenvalue weighted by Crippen LogP contribution is -2.41. The number of hydrogen-bond acceptors (Lipinski definition) is 6. The maximum absolute atomic E-state index is 14.6. The standard InChI is InChI=1S/C25H28F3N3O5/c1-4-31(15-5-8-35-9-6-15)18-12-20-16(7-10-36-20)21(22(18)25(26,27)28)24(33)29-13-17-19(34-3)11-14(2)30-23(17)32/h7,10-12,15H,4-6,8-9,13H2,1-3H3,(H,29,33)(H,30,32). The van der Waals surface area contributed by atoms with Gasteiger partial charge in [0.05, 0.1) is 42.3 Å². The molecule has 0 saturated carbocycles. The van der Waals surface area contributed by atoms with Crippen molar-refractivity contribution < 1.29 is 31.9 Å². The predicted molar refractivity (Wildman–Crippen MR) is 128 cm³/mol. The first-order chi connectivity index (χ1) is 17.2. The second kappa shape index (κ2) is 10.3. The number of furan rings is 1. The van der Waals surface area contributed by atoms with E-state index in [0.29, 0.717) is 38.3 Å². The lowest BCUT2D eigenvalue weighted by molar-refractivity contribution is -0.137. The van der Waals surface area contributed by atoms with Gasteiger partial charge in [-0.1, -0.05) is 0 Å². The van der Waals surface area contributed by atoms with Crippen molar-refractivity contribution >= 4 is 22.6 Å². The first kappa shape index (κ1) is 25.6. The van der Waals surface area contributed by atoms with Crippen LogP contribution >= 0.6 is 0 Å². The Morgan fingerprint density at radius 3 is 2.64 bits per heavy atom. The van der Waals surface area contributed by atoms with E-state index in [1.54, 1.807) is 24.8 Å². The van der Waals surface area contributed by atoms with Crippen molar-refractivity contribution in [3.63, 3.8) is 0 Å². The summed E-state index contributed by atoms with van der Waals surface area (Å²) in [6, 6.07) is 4.09. The number of H-pyrrole nitrogens is 1. The number of amides is 1. The number of methoxy groups -OCH3 is 1. The molecule has 0 atom stereocenters. The van der Waals surface area contributed by atoms with Crippen LogP contribution in [0.4, 0.5) is 18.9 Å². The molecule has 1 fully saturated rings. The van der Waals surface area contributed by atoms with Crippen molar-refractivity contribution in [3.8, 4) is 5.75 Å². The zero-order valence-corrected chi connectivity index (χ0v) is 20.3. The van der Waals surface area contributed by atoms with E-state index in [2.05, 4.69) is 10.3 Å². The van der Waals surface area contributed by atoms with E-state index in [9.17, 15) is 22.8 Å². The number of aromatic nitrogens is 1. The molecule has 0 aliphatic carbocycles. The summed E-state index contributed by atoms with van der Waals surface area (Å²) < 4.78 is 59.9. The zero-order chi connectivity index (χ0) is 26.0. The highest BCUT2D eigenvalue weighted by molar-refractivity contribution is 6.09. The number of hydrogen-bond donors (Lipinski definition) is 2. The van der Waals surface area contributed by atoms with Crippen LogP contribution in [0, 0.1) is 6.92 Å². The number of aromatic amines is 1. The molecule has 2 N–H and O–H groups in total. The molecule has 1 amide bonds. The largest absolute Gasteiger partial charge is 0.496 e. The molecule has 1 aromatic carbocycles. The third-order valence-electron chi connectivity index (χ3n) is 6.41. The van der Waals surface area contributed by atoms with Gasteiger partial charge in [-0.25, -0.2) is 0 Å². The van der Waals surface area contributed by atoms with Gasteiger partial charge >= 0.3 is 6.18 Å². The first-order valence-electron chi connectivity index (χ1n) is 11.7. The Kier molecular flexibility index (Phi) is 7.30. The van der Waals surface area contributed by atoms with Crippen molar-refractivity contribution in [1.82, 2.24) is 10.3 Å². The molecule has 36 heavy (non-hydrogen) atoms. The Morgan fingerprint density at radius 1 is 1.28 bits per heavy atom. The molecular weight excluding hydrogens is 479 g/mol. The summed E-state index contributed by atoms with van der Waals surface area (Å²) in [5.41, 5.74) is -1.38. The molecule has 1 saturated heterocycles. The molecule has 1 aliphatic heterocycles. The molecule has 11 heteroatoms. The number of rotatable bonds is 7. The Labute approximate surface area is 205 Å². The smallest absolute Gasteiger partial charge is 0.419 e. The van der Waals surface area contributed by atoms with Gasteiger partial charge in [0.2, 0.25) is 0 Å². The molecule has 8 nitrogen and oxygen atoms in total. The van der Waals surface area contributed by atoms with Gasteiger partial charge in [0.1, 0.15) is 11.3 Å². The number of carbonyl (C=O) groups excluding carboxylic acids is 1. The van der Waals surface area contributed by atoms with E-state index in [1.165, 1.54) is 25.5 Å². The van der Waals surface area contributed by atoms with Crippen LogP contribution in [-0.4, -0.2) is 43.8 Å². The van der Waals surface area contributed by atoms with Crippen LogP contribution in [-0.2, 0) is 17.5 Å². The van der Waals surface area contributed by atoms with Crippen LogP contribution < -0.4 is 20.5 Å². The van der Waals surface area contributed by atoms with Gasteiger partial charge in [0.25, 0.3) is 11.5 Å². The summed E-state index contributed by atoms with van der Waals surface area (Å²) >= 11 is 0. The Morgan fingerprint density at radius 2 is 2.00 bits per heavy atom. The van der Waals surface area contributed by atoms with Gasteiger partial charge in [-0.3, -0.25) is 9.59 Å². The Bertz CT molecular complexity index is 1310. The SMILES string of the molecule is CCN(c1cc2occc2c(C(=O)NCc2c(OC)cc(C)[nH]c2=O)c1C(F)(F)F)C1CCOCC1. The highest BCUT2D eigenvalue weighted by atomic mass is 19.4. The highest BCUT2D eigenvalue weighted by Crippen LogP contribution is 2.44. The fourth-order valence-corrected chi connectivity index (χ4v) is 4.76. The molecule has 0 unspecified atom stereocenters.